The van der Waals surface area contributed by atoms with E-state index in [2.05, 4.69) is 100 Å². The molecule has 0 spiro atoms. The third-order valence-electron chi connectivity index (χ3n) is 4.79. The molecule has 1 aliphatic rings. The number of hydrogen-bond acceptors (Lipinski definition) is 0. The fourth-order valence-electron chi connectivity index (χ4n) is 3.94. The highest BCUT2D eigenvalue weighted by Gasteiger charge is 2.29. The number of halogens is 2. The van der Waals surface area contributed by atoms with E-state index >= 15 is 0 Å². The summed E-state index contributed by atoms with van der Waals surface area (Å²) in [5.41, 5.74) is 9.69. The summed E-state index contributed by atoms with van der Waals surface area (Å²) >= 11 is 7.30. The molecule has 0 heterocycles. The molecule has 2 heteroatoms. The van der Waals surface area contributed by atoms with Gasteiger partial charge in [-0.2, -0.15) is 0 Å². The lowest BCUT2D eigenvalue weighted by molar-refractivity contribution is 0.824. The molecule has 0 radical (unpaired) electrons. The highest BCUT2D eigenvalue weighted by Crippen LogP contribution is 2.47. The van der Waals surface area contributed by atoms with Gasteiger partial charge in [-0.1, -0.05) is 73.3 Å². The van der Waals surface area contributed by atoms with E-state index in [1.165, 1.54) is 38.9 Å². The maximum Gasteiger partial charge on any atom is 0.0178 e. The molecule has 0 fully saturated rings. The minimum atomic E-state index is 0.409. The molecule has 0 saturated carbocycles. The molecule has 0 bridgehead atoms. The maximum atomic E-state index is 3.65. The van der Waals surface area contributed by atoms with Crippen molar-refractivity contribution in [2.24, 2.45) is 0 Å². The second kappa shape index (κ2) is 6.16. The summed E-state index contributed by atoms with van der Waals surface area (Å²) in [5, 5.41) is 0. The van der Waals surface area contributed by atoms with Crippen molar-refractivity contribution in [3.8, 4) is 11.1 Å². The molecule has 24 heavy (non-hydrogen) atoms. The van der Waals surface area contributed by atoms with Crippen LogP contribution in [0, 0.1) is 13.8 Å². The van der Waals surface area contributed by atoms with E-state index < -0.39 is 0 Å². The molecule has 3 aromatic carbocycles. The van der Waals surface area contributed by atoms with Gasteiger partial charge in [-0.3, -0.25) is 0 Å². The molecule has 0 aromatic heterocycles. The topological polar surface area (TPSA) is 0 Å². The smallest absolute Gasteiger partial charge is 0.0178 e. The number of aryl methyl sites for hydroxylation is 2. The van der Waals surface area contributed by atoms with Gasteiger partial charge in [-0.25, -0.2) is 0 Å². The van der Waals surface area contributed by atoms with Gasteiger partial charge < -0.3 is 0 Å². The van der Waals surface area contributed by atoms with Gasteiger partial charge in [0.2, 0.25) is 0 Å². The quantitative estimate of drug-likeness (QED) is 0.394. The van der Waals surface area contributed by atoms with Gasteiger partial charge in [0.15, 0.2) is 0 Å². The van der Waals surface area contributed by atoms with E-state index in [0.717, 1.165) is 15.4 Å². The summed E-state index contributed by atoms with van der Waals surface area (Å²) in [5.74, 6) is 0.409. The fourth-order valence-corrected chi connectivity index (χ4v) is 4.70. The predicted molar refractivity (Wildman–Crippen MR) is 109 cm³/mol. The molecule has 3 aromatic rings. The largest absolute Gasteiger partial charge is 0.0564 e. The molecule has 0 aliphatic heterocycles. The monoisotopic (exact) mass is 440 g/mol. The lowest BCUT2D eigenvalue weighted by atomic mass is 9.89. The van der Waals surface area contributed by atoms with Crippen molar-refractivity contribution in [1.29, 1.82) is 0 Å². The molecule has 4 rings (SSSR count). The van der Waals surface area contributed by atoms with E-state index in [1.807, 2.05) is 0 Å². The zero-order chi connectivity index (χ0) is 16.8. The molecule has 120 valence electrons. The first-order valence-corrected chi connectivity index (χ1v) is 9.76. The second-order valence-electron chi connectivity index (χ2n) is 6.72. The highest BCUT2D eigenvalue weighted by atomic mass is 79.9. The molecular formula is C22H18Br2. The van der Waals surface area contributed by atoms with Crippen molar-refractivity contribution >= 4 is 31.9 Å². The Kier molecular flexibility index (Phi) is 4.14. The minimum absolute atomic E-state index is 0.409. The van der Waals surface area contributed by atoms with Crippen LogP contribution in [-0.2, 0) is 6.42 Å². The Balaban J connectivity index is 1.85. The first kappa shape index (κ1) is 16.1. The van der Waals surface area contributed by atoms with E-state index in [1.54, 1.807) is 0 Å². The number of benzene rings is 3. The van der Waals surface area contributed by atoms with Crippen molar-refractivity contribution in [1.82, 2.24) is 0 Å². The van der Waals surface area contributed by atoms with Crippen LogP contribution in [0.4, 0.5) is 0 Å². The Labute approximate surface area is 160 Å². The first-order chi connectivity index (χ1) is 11.5. The van der Waals surface area contributed by atoms with Crippen molar-refractivity contribution in [3.05, 3.63) is 91.4 Å². The Morgan fingerprint density at radius 2 is 1.21 bits per heavy atom. The summed E-state index contributed by atoms with van der Waals surface area (Å²) in [6, 6.07) is 20.2. The summed E-state index contributed by atoms with van der Waals surface area (Å²) in [6.45, 7) is 4.36. The highest BCUT2D eigenvalue weighted by molar-refractivity contribution is 9.10. The van der Waals surface area contributed by atoms with Gasteiger partial charge in [-0.15, -0.1) is 0 Å². The average molecular weight is 442 g/mol. The van der Waals surface area contributed by atoms with Crippen LogP contribution in [0.25, 0.3) is 11.1 Å². The van der Waals surface area contributed by atoms with E-state index in [4.69, 9.17) is 0 Å². The first-order valence-electron chi connectivity index (χ1n) is 8.18. The SMILES string of the molecule is Cc1cc(C)cc(CC2c3cc(Br)ccc3-c3ccc(Br)cc32)c1. The minimum Gasteiger partial charge on any atom is -0.0564 e. The molecule has 1 aliphatic carbocycles. The Morgan fingerprint density at radius 3 is 1.71 bits per heavy atom. The van der Waals surface area contributed by atoms with Gasteiger partial charge in [0.05, 0.1) is 0 Å². The van der Waals surface area contributed by atoms with Gasteiger partial charge >= 0.3 is 0 Å². The van der Waals surface area contributed by atoms with Gasteiger partial charge in [-0.05, 0) is 72.4 Å². The second-order valence-corrected chi connectivity index (χ2v) is 8.55. The van der Waals surface area contributed by atoms with E-state index in [0.29, 0.717) is 5.92 Å². The summed E-state index contributed by atoms with van der Waals surface area (Å²) in [7, 11) is 0. The van der Waals surface area contributed by atoms with Crippen LogP contribution in [0.3, 0.4) is 0 Å². The van der Waals surface area contributed by atoms with Crippen LogP contribution in [0.15, 0.2) is 63.5 Å². The number of fused-ring (bicyclic) bond motifs is 3. The van der Waals surface area contributed by atoms with Crippen LogP contribution in [-0.4, -0.2) is 0 Å². The van der Waals surface area contributed by atoms with Gasteiger partial charge in [0.1, 0.15) is 0 Å². The summed E-state index contributed by atoms with van der Waals surface area (Å²) in [4.78, 5) is 0. The van der Waals surface area contributed by atoms with Crippen LogP contribution in [0.1, 0.15) is 33.7 Å². The third-order valence-corrected chi connectivity index (χ3v) is 5.78. The van der Waals surface area contributed by atoms with Gasteiger partial charge in [0.25, 0.3) is 0 Å². The molecule has 0 N–H and O–H groups in total. The zero-order valence-electron chi connectivity index (χ0n) is 13.7. The Hall–Kier alpha value is -1.38. The summed E-state index contributed by atoms with van der Waals surface area (Å²) in [6.07, 6.45) is 1.04. The normalized spacial score (nSPS) is 13.0. The van der Waals surface area contributed by atoms with Crippen LogP contribution in [0.2, 0.25) is 0 Å². The maximum absolute atomic E-state index is 3.65. The molecule has 0 saturated heterocycles. The zero-order valence-corrected chi connectivity index (χ0v) is 16.9. The Bertz CT molecular complexity index is 869. The lowest BCUT2D eigenvalue weighted by Gasteiger charge is -2.15. The van der Waals surface area contributed by atoms with Crippen molar-refractivity contribution in [3.63, 3.8) is 0 Å². The Morgan fingerprint density at radius 1 is 0.708 bits per heavy atom. The van der Waals surface area contributed by atoms with Gasteiger partial charge in [0, 0.05) is 14.9 Å². The predicted octanol–water partition coefficient (Wildman–Crippen LogP) is 7.18. The molecule has 0 amide bonds. The molecule has 0 unspecified atom stereocenters. The molecular weight excluding hydrogens is 424 g/mol. The lowest BCUT2D eigenvalue weighted by Crippen LogP contribution is -2.02. The van der Waals surface area contributed by atoms with Crippen molar-refractivity contribution < 1.29 is 0 Å². The van der Waals surface area contributed by atoms with Crippen LogP contribution >= 0.6 is 31.9 Å². The average Bonchev–Trinajstić information content (AvgIpc) is 2.79. The number of hydrogen-bond donors (Lipinski definition) is 0. The van der Waals surface area contributed by atoms with E-state index in [-0.39, 0.29) is 0 Å². The molecule has 0 atom stereocenters. The van der Waals surface area contributed by atoms with Crippen LogP contribution in [0.5, 0.6) is 0 Å². The van der Waals surface area contributed by atoms with E-state index in [9.17, 15) is 0 Å². The third kappa shape index (κ3) is 2.87. The van der Waals surface area contributed by atoms with Crippen LogP contribution < -0.4 is 0 Å². The van der Waals surface area contributed by atoms with Crippen molar-refractivity contribution in [2.45, 2.75) is 26.2 Å². The summed E-state index contributed by atoms with van der Waals surface area (Å²) < 4.78 is 2.30. The standard InChI is InChI=1S/C22H18Br2/c1-13-7-14(2)9-15(8-13)10-20-21-11-16(23)3-5-18(21)19-6-4-17(24)12-22(19)20/h3-9,11-12,20H,10H2,1-2H3. The fraction of sp³-hybridized carbons (Fsp3) is 0.182. The number of rotatable bonds is 2. The molecule has 0 nitrogen and oxygen atoms in total. The van der Waals surface area contributed by atoms with Crippen molar-refractivity contribution in [2.75, 3.05) is 0 Å².